The van der Waals surface area contributed by atoms with E-state index in [1.54, 1.807) is 17.2 Å². The number of likely N-dealkylation sites (tertiary alicyclic amines) is 1. The summed E-state index contributed by atoms with van der Waals surface area (Å²) in [5.74, 6) is 0.525. The van der Waals surface area contributed by atoms with Crippen LogP contribution in [-0.4, -0.2) is 46.9 Å². The molecule has 118 valence electrons. The van der Waals surface area contributed by atoms with E-state index in [4.69, 9.17) is 16.3 Å². The predicted octanol–water partition coefficient (Wildman–Crippen LogP) is 1.38. The minimum Gasteiger partial charge on any atom is -0.487 e. The second kappa shape index (κ2) is 6.52. The lowest BCUT2D eigenvalue weighted by Gasteiger charge is -2.34. The second-order valence-corrected chi connectivity index (χ2v) is 6.04. The first-order valence-corrected chi connectivity index (χ1v) is 7.85. The number of nitrogens with zero attached hydrogens (tertiary/aromatic N) is 2. The largest absolute Gasteiger partial charge is 0.487 e. The zero-order valence-electron chi connectivity index (χ0n) is 12.1. The molecule has 2 saturated heterocycles. The van der Waals surface area contributed by atoms with Gasteiger partial charge in [-0.2, -0.15) is 0 Å². The maximum atomic E-state index is 12.4. The lowest BCUT2D eigenvalue weighted by molar-refractivity contribution is -0.136. The standard InChI is InChI=1S/C15H18ClN3O3/c16-11-8-17-6-5-13(11)22-10-2-1-7-19(9-10)15(21)12-3-4-14(20)18-12/h5-6,8,10,12H,1-4,7,9H2,(H,18,20). The molecule has 1 aromatic rings. The van der Waals surface area contributed by atoms with Gasteiger partial charge in [0, 0.05) is 31.4 Å². The molecule has 6 nitrogen and oxygen atoms in total. The van der Waals surface area contributed by atoms with E-state index >= 15 is 0 Å². The summed E-state index contributed by atoms with van der Waals surface area (Å²) in [5.41, 5.74) is 0. The van der Waals surface area contributed by atoms with Crippen molar-refractivity contribution in [3.63, 3.8) is 0 Å². The molecule has 22 heavy (non-hydrogen) atoms. The van der Waals surface area contributed by atoms with Crippen LogP contribution in [0.5, 0.6) is 5.75 Å². The van der Waals surface area contributed by atoms with Crippen LogP contribution in [0.1, 0.15) is 25.7 Å². The number of rotatable bonds is 3. The van der Waals surface area contributed by atoms with Gasteiger partial charge < -0.3 is 15.0 Å². The van der Waals surface area contributed by atoms with Crippen molar-refractivity contribution in [2.75, 3.05) is 13.1 Å². The van der Waals surface area contributed by atoms with Crippen molar-refractivity contribution in [3.05, 3.63) is 23.5 Å². The molecule has 2 aliphatic rings. The average molecular weight is 324 g/mol. The van der Waals surface area contributed by atoms with E-state index in [0.717, 1.165) is 12.8 Å². The van der Waals surface area contributed by atoms with Crippen LogP contribution >= 0.6 is 11.6 Å². The maximum Gasteiger partial charge on any atom is 0.245 e. The van der Waals surface area contributed by atoms with Gasteiger partial charge in [0.1, 0.15) is 22.9 Å². The van der Waals surface area contributed by atoms with Gasteiger partial charge in [-0.05, 0) is 19.3 Å². The Morgan fingerprint density at radius 3 is 3.05 bits per heavy atom. The van der Waals surface area contributed by atoms with Gasteiger partial charge in [-0.15, -0.1) is 0 Å². The van der Waals surface area contributed by atoms with Crippen LogP contribution in [0.4, 0.5) is 0 Å². The van der Waals surface area contributed by atoms with E-state index in [-0.39, 0.29) is 24.0 Å². The normalized spacial score (nSPS) is 25.0. The monoisotopic (exact) mass is 323 g/mol. The number of carbonyl (C=O) groups is 2. The molecule has 3 rings (SSSR count). The number of hydrogen-bond acceptors (Lipinski definition) is 4. The highest BCUT2D eigenvalue weighted by molar-refractivity contribution is 6.31. The Hall–Kier alpha value is -1.82. The Labute approximate surface area is 133 Å². The number of pyridine rings is 1. The van der Waals surface area contributed by atoms with Crippen molar-refractivity contribution in [3.8, 4) is 5.75 Å². The molecular weight excluding hydrogens is 306 g/mol. The van der Waals surface area contributed by atoms with Gasteiger partial charge >= 0.3 is 0 Å². The topological polar surface area (TPSA) is 71.5 Å². The Morgan fingerprint density at radius 2 is 2.32 bits per heavy atom. The third-order valence-electron chi connectivity index (χ3n) is 4.01. The van der Waals surface area contributed by atoms with Gasteiger partial charge in [-0.25, -0.2) is 0 Å². The van der Waals surface area contributed by atoms with E-state index in [2.05, 4.69) is 10.3 Å². The summed E-state index contributed by atoms with van der Waals surface area (Å²) < 4.78 is 5.90. The van der Waals surface area contributed by atoms with Crippen molar-refractivity contribution in [2.24, 2.45) is 0 Å². The Balaban J connectivity index is 1.61. The highest BCUT2D eigenvalue weighted by atomic mass is 35.5. The van der Waals surface area contributed by atoms with E-state index in [1.165, 1.54) is 6.20 Å². The molecule has 0 aliphatic carbocycles. The van der Waals surface area contributed by atoms with E-state index in [1.807, 2.05) is 0 Å². The minimum absolute atomic E-state index is 0.0139. The molecule has 0 aromatic carbocycles. The number of piperidine rings is 1. The molecule has 0 saturated carbocycles. The lowest BCUT2D eigenvalue weighted by Crippen LogP contribution is -2.50. The fourth-order valence-corrected chi connectivity index (χ4v) is 3.06. The molecule has 3 heterocycles. The third kappa shape index (κ3) is 3.32. The van der Waals surface area contributed by atoms with Crippen LogP contribution in [0.2, 0.25) is 5.02 Å². The molecule has 1 N–H and O–H groups in total. The zero-order valence-corrected chi connectivity index (χ0v) is 12.9. The molecular formula is C15H18ClN3O3. The first-order chi connectivity index (χ1) is 10.6. The SMILES string of the molecule is O=C1CCC(C(=O)N2CCCC(Oc3ccncc3Cl)C2)N1. The van der Waals surface area contributed by atoms with Gasteiger partial charge in [-0.3, -0.25) is 14.6 Å². The Morgan fingerprint density at radius 1 is 1.45 bits per heavy atom. The lowest BCUT2D eigenvalue weighted by atomic mass is 10.1. The van der Waals surface area contributed by atoms with Crippen molar-refractivity contribution >= 4 is 23.4 Å². The van der Waals surface area contributed by atoms with Crippen LogP contribution in [-0.2, 0) is 9.59 Å². The Bertz CT molecular complexity index is 581. The number of ether oxygens (including phenoxy) is 1. The summed E-state index contributed by atoms with van der Waals surface area (Å²) in [4.78, 5) is 29.4. The number of halogens is 1. The summed E-state index contributed by atoms with van der Waals surface area (Å²) in [6.45, 7) is 1.22. The van der Waals surface area contributed by atoms with Gasteiger partial charge in [0.2, 0.25) is 11.8 Å². The number of nitrogens with one attached hydrogen (secondary N) is 1. The van der Waals surface area contributed by atoms with Gasteiger partial charge in [-0.1, -0.05) is 11.6 Å². The maximum absolute atomic E-state index is 12.4. The van der Waals surface area contributed by atoms with Gasteiger partial charge in [0.25, 0.3) is 0 Å². The van der Waals surface area contributed by atoms with Crippen LogP contribution < -0.4 is 10.1 Å². The summed E-state index contributed by atoms with van der Waals surface area (Å²) >= 11 is 6.05. The fourth-order valence-electron chi connectivity index (χ4n) is 2.89. The van der Waals surface area contributed by atoms with E-state index < -0.39 is 0 Å². The molecule has 2 aliphatic heterocycles. The minimum atomic E-state index is -0.379. The van der Waals surface area contributed by atoms with Crippen molar-refractivity contribution in [1.82, 2.24) is 15.2 Å². The van der Waals surface area contributed by atoms with E-state index in [0.29, 0.717) is 36.7 Å². The number of aromatic nitrogens is 1. The van der Waals surface area contributed by atoms with Crippen LogP contribution in [0.3, 0.4) is 0 Å². The van der Waals surface area contributed by atoms with Crippen LogP contribution in [0.15, 0.2) is 18.5 Å². The molecule has 2 fully saturated rings. The molecule has 1 aromatic heterocycles. The van der Waals surface area contributed by atoms with Crippen molar-refractivity contribution in [1.29, 1.82) is 0 Å². The van der Waals surface area contributed by atoms with Crippen molar-refractivity contribution < 1.29 is 14.3 Å². The Kier molecular flexibility index (Phi) is 4.47. The fraction of sp³-hybridized carbons (Fsp3) is 0.533. The van der Waals surface area contributed by atoms with Crippen LogP contribution in [0, 0.1) is 0 Å². The predicted molar refractivity (Wildman–Crippen MR) is 80.6 cm³/mol. The quantitative estimate of drug-likeness (QED) is 0.912. The summed E-state index contributed by atoms with van der Waals surface area (Å²) in [6, 6.07) is 1.34. The summed E-state index contributed by atoms with van der Waals surface area (Å²) in [7, 11) is 0. The molecule has 0 radical (unpaired) electrons. The smallest absolute Gasteiger partial charge is 0.245 e. The number of amides is 2. The number of carbonyl (C=O) groups excluding carboxylic acids is 2. The highest BCUT2D eigenvalue weighted by Crippen LogP contribution is 2.26. The second-order valence-electron chi connectivity index (χ2n) is 5.63. The molecule has 7 heteroatoms. The van der Waals surface area contributed by atoms with Crippen LogP contribution in [0.25, 0.3) is 0 Å². The molecule has 2 unspecified atom stereocenters. The average Bonchev–Trinajstić information content (AvgIpc) is 2.96. The molecule has 0 bridgehead atoms. The van der Waals surface area contributed by atoms with Gasteiger partial charge in [0.15, 0.2) is 0 Å². The third-order valence-corrected chi connectivity index (χ3v) is 4.30. The first kappa shape index (κ1) is 15.1. The number of hydrogen-bond donors (Lipinski definition) is 1. The molecule has 2 amide bonds. The molecule has 2 atom stereocenters. The summed E-state index contributed by atoms with van der Waals surface area (Å²) in [5, 5.41) is 3.19. The van der Waals surface area contributed by atoms with E-state index in [9.17, 15) is 9.59 Å². The summed E-state index contributed by atoms with van der Waals surface area (Å²) in [6.07, 6.45) is 5.83. The highest BCUT2D eigenvalue weighted by Gasteiger charge is 2.33. The first-order valence-electron chi connectivity index (χ1n) is 7.48. The van der Waals surface area contributed by atoms with Crippen molar-refractivity contribution in [2.45, 2.75) is 37.8 Å². The molecule has 0 spiro atoms. The van der Waals surface area contributed by atoms with Gasteiger partial charge in [0.05, 0.1) is 6.54 Å². The zero-order chi connectivity index (χ0) is 15.5.